The molecule has 5 fully saturated rings. The summed E-state index contributed by atoms with van der Waals surface area (Å²) in [5, 5.41) is 7.33. The molecule has 588 valence electrons. The number of fused-ring (bicyclic) bond motifs is 3. The molecule has 104 heavy (non-hydrogen) atoms. The summed E-state index contributed by atoms with van der Waals surface area (Å²) in [7, 11) is 12.2. The van der Waals surface area contributed by atoms with Crippen molar-refractivity contribution in [2.24, 2.45) is 40.9 Å². The summed E-state index contributed by atoms with van der Waals surface area (Å²) in [5.74, 6) is -16.1. The molecule has 31 heteroatoms. The number of halogens is 6. The molecule has 6 aliphatic rings. The molecule has 12 amide bonds. The van der Waals surface area contributed by atoms with Crippen molar-refractivity contribution < 1.29 is 84.2 Å². The maximum Gasteiger partial charge on any atom is 0.393 e. The van der Waals surface area contributed by atoms with Crippen LogP contribution in [0.25, 0.3) is 0 Å². The third-order valence-electron chi connectivity index (χ3n) is 22.9. The van der Waals surface area contributed by atoms with E-state index in [1.165, 1.54) is 83.1 Å². The Morgan fingerprint density at radius 1 is 0.702 bits per heavy atom. The molecule has 3 aliphatic carbocycles. The second-order valence-electron chi connectivity index (χ2n) is 31.7. The molecule has 6 rings (SSSR count). The number of rotatable bonds is 13. The minimum Gasteiger partial charge on any atom is -0.382 e. The van der Waals surface area contributed by atoms with E-state index in [1.807, 2.05) is 34.6 Å². The summed E-state index contributed by atoms with van der Waals surface area (Å²) >= 11 is 6.42. The first-order chi connectivity index (χ1) is 48.5. The van der Waals surface area contributed by atoms with Crippen LogP contribution in [0.4, 0.5) is 22.0 Å². The number of hydrogen-bond donors (Lipinski definition) is 3. The van der Waals surface area contributed by atoms with E-state index in [4.69, 9.17) is 16.3 Å². The summed E-state index contributed by atoms with van der Waals surface area (Å²) in [6, 6.07) is -11.0. The lowest BCUT2D eigenvalue weighted by Gasteiger charge is -2.54. The fourth-order valence-electron chi connectivity index (χ4n) is 16.5. The van der Waals surface area contributed by atoms with Crippen molar-refractivity contribution in [1.29, 1.82) is 0 Å². The molecule has 0 aromatic carbocycles. The van der Waals surface area contributed by atoms with Gasteiger partial charge in [-0.1, -0.05) is 79.9 Å². The Labute approximate surface area is 615 Å². The highest BCUT2D eigenvalue weighted by Gasteiger charge is 2.59. The standard InChI is InChI=1S/C73H116ClF5N12O13/c1-17-44(5)59-67(101)85(11)39-58(94)86(12)51-23-21-20-22-32-90(66(51)100)54(35-46-28-30-72(75,76)31-29-46)65(99)84(10)38-56(92)80-50(27-25-45-24-26-48(49(74)34-45)73(77,78)79)63(97)91-37-43(4)33-52(91)62(96)82-71(41-70(6,7)42-71)69(103)89(15)60(47(18-2)19-3)68(102)88(14)53(64(98)83(8)9)36-57(93)87(13)55(40-104-16)61(95)81-59/h20-21,43-55,59-60H,17-19,22-42H2,1-16H3,(H,80,92)(H,81,95)(H,82,96)/b21-20-/t43-,44-,45?,48?,49?,50-,51-,52-,53-,54-,55-,59-,60-/m0/s1. The zero-order valence-electron chi connectivity index (χ0n) is 63.9. The number of methoxy groups -OCH3 is 1. The molecule has 13 atom stereocenters. The van der Waals surface area contributed by atoms with Crippen molar-refractivity contribution in [3.05, 3.63) is 12.2 Å². The smallest absolute Gasteiger partial charge is 0.382 e. The highest BCUT2D eigenvalue weighted by molar-refractivity contribution is 6.21. The van der Waals surface area contributed by atoms with E-state index in [0.717, 1.165) is 24.5 Å². The summed E-state index contributed by atoms with van der Waals surface area (Å²) in [5.41, 5.74) is -2.22. The lowest BCUT2D eigenvalue weighted by atomic mass is 9.58. The summed E-state index contributed by atoms with van der Waals surface area (Å²) in [6.45, 7) is 10.9. The predicted octanol–water partition coefficient (Wildman–Crippen LogP) is 5.84. The Kier molecular flexibility index (Phi) is 30.0. The van der Waals surface area contributed by atoms with Gasteiger partial charge in [-0.25, -0.2) is 8.78 Å². The van der Waals surface area contributed by atoms with E-state index < -0.39 is 216 Å². The molecular formula is C73H116ClF5N12O13. The van der Waals surface area contributed by atoms with Crippen molar-refractivity contribution in [3.63, 3.8) is 0 Å². The van der Waals surface area contributed by atoms with Crippen LogP contribution in [0.5, 0.6) is 0 Å². The van der Waals surface area contributed by atoms with Crippen LogP contribution in [0.1, 0.15) is 170 Å². The molecule has 1 spiro atoms. The highest BCUT2D eigenvalue weighted by Crippen LogP contribution is 2.50. The lowest BCUT2D eigenvalue weighted by Crippen LogP contribution is -2.71. The molecule has 3 heterocycles. The largest absolute Gasteiger partial charge is 0.393 e. The first kappa shape index (κ1) is 86.2. The Hall–Kier alpha value is -6.72. The minimum absolute atomic E-state index is 0.00507. The first-order valence-corrected chi connectivity index (χ1v) is 37.4. The molecule has 0 radical (unpaired) electrons. The number of nitrogens with zero attached hydrogens (tertiary/aromatic N) is 9. The van der Waals surface area contributed by atoms with Gasteiger partial charge >= 0.3 is 6.18 Å². The summed E-state index contributed by atoms with van der Waals surface area (Å²) < 4.78 is 77.3. The van der Waals surface area contributed by atoms with E-state index in [-0.39, 0.29) is 102 Å². The van der Waals surface area contributed by atoms with E-state index in [1.54, 1.807) is 26.0 Å². The molecule has 0 aromatic rings. The number of likely N-dealkylation sites (N-methyl/N-ethyl adjacent to an activating group) is 7. The molecule has 2 saturated heterocycles. The minimum atomic E-state index is -4.55. The van der Waals surface area contributed by atoms with Gasteiger partial charge in [0.05, 0.1) is 32.0 Å². The van der Waals surface area contributed by atoms with Crippen LogP contribution in [0.15, 0.2) is 12.2 Å². The SMILES string of the molecule is CCC(CC)[C@H]1C(=O)N(C)[C@H](C(=O)N(C)C)CC(=O)N(C)[C@@H](COC)C(=O)N[C@@H]([C@@H](C)CC)C(=O)N(C)CC(=O)N(C)[C@H]2C/C=C\CCN(C2=O)[C@@H](CC2CCC(F)(F)CC2)C(=O)N(C)CC(=O)N[C@@H](CCC2CCC(C(F)(F)F)C(Cl)C2)C(=O)N2C[C@@H](C)C[C@H]2C(=O)NC2(CC(C)(C)C2)C(=O)N1C. The maximum atomic E-state index is 15.7. The van der Waals surface area contributed by atoms with Gasteiger partial charge in [-0.3, -0.25) is 57.5 Å². The average molecular weight is 1500 g/mol. The van der Waals surface area contributed by atoms with Gasteiger partial charge in [0.2, 0.25) is 76.8 Å². The topological polar surface area (TPSA) is 279 Å². The number of ether oxygens (including phenoxy) is 1. The molecule has 25 nitrogen and oxygen atoms in total. The molecule has 2 bridgehead atoms. The summed E-state index contributed by atoms with van der Waals surface area (Å²) in [6.07, 6.45) is -1.71. The number of carbonyl (C=O) groups excluding carboxylic acids is 12. The molecule has 3 unspecified atom stereocenters. The van der Waals surface area contributed by atoms with Crippen LogP contribution in [0, 0.1) is 40.9 Å². The van der Waals surface area contributed by atoms with Crippen molar-refractivity contribution in [2.75, 3.05) is 96.3 Å². The van der Waals surface area contributed by atoms with Gasteiger partial charge in [-0.2, -0.15) is 13.2 Å². The Bertz CT molecular complexity index is 3120. The first-order valence-electron chi connectivity index (χ1n) is 37.0. The Balaban J connectivity index is 1.47. The van der Waals surface area contributed by atoms with Crippen LogP contribution in [0.2, 0.25) is 0 Å². The van der Waals surface area contributed by atoms with E-state index in [2.05, 4.69) is 16.0 Å². The van der Waals surface area contributed by atoms with E-state index in [0.29, 0.717) is 19.3 Å². The fourth-order valence-corrected chi connectivity index (χ4v) is 17.0. The van der Waals surface area contributed by atoms with Crippen molar-refractivity contribution in [1.82, 2.24) is 60.0 Å². The van der Waals surface area contributed by atoms with E-state index >= 15 is 28.8 Å². The monoisotopic (exact) mass is 1500 g/mol. The quantitative estimate of drug-likeness (QED) is 0.111. The molecular weight excluding hydrogens is 1380 g/mol. The van der Waals surface area contributed by atoms with Gasteiger partial charge in [0, 0.05) is 94.8 Å². The number of nitrogens with one attached hydrogen (secondary N) is 3. The lowest BCUT2D eigenvalue weighted by molar-refractivity contribution is -0.182. The van der Waals surface area contributed by atoms with Gasteiger partial charge in [0.15, 0.2) is 0 Å². The third-order valence-corrected chi connectivity index (χ3v) is 23.4. The van der Waals surface area contributed by atoms with Crippen molar-refractivity contribution >= 4 is 82.5 Å². The van der Waals surface area contributed by atoms with Gasteiger partial charge in [0.1, 0.15) is 53.9 Å². The van der Waals surface area contributed by atoms with Crippen LogP contribution in [-0.4, -0.2) is 283 Å². The maximum absolute atomic E-state index is 15.7. The average Bonchev–Trinajstić information content (AvgIpc) is 0.876. The second kappa shape index (κ2) is 36.3. The van der Waals surface area contributed by atoms with Crippen molar-refractivity contribution in [2.45, 2.75) is 242 Å². The van der Waals surface area contributed by atoms with Crippen LogP contribution in [-0.2, 0) is 62.3 Å². The van der Waals surface area contributed by atoms with Crippen LogP contribution in [0.3, 0.4) is 0 Å². The Morgan fingerprint density at radius 3 is 1.89 bits per heavy atom. The molecule has 3 N–H and O–H groups in total. The number of hydrogen-bond acceptors (Lipinski definition) is 13. The fraction of sp³-hybridized carbons (Fsp3) is 0.808. The van der Waals surface area contributed by atoms with Crippen LogP contribution >= 0.6 is 11.6 Å². The predicted molar refractivity (Wildman–Crippen MR) is 378 cm³/mol. The highest BCUT2D eigenvalue weighted by atomic mass is 35.5. The molecule has 3 saturated carbocycles. The van der Waals surface area contributed by atoms with E-state index in [9.17, 15) is 50.7 Å². The zero-order valence-corrected chi connectivity index (χ0v) is 64.6. The Morgan fingerprint density at radius 2 is 1.33 bits per heavy atom. The van der Waals surface area contributed by atoms with Gasteiger partial charge in [-0.05, 0) is 118 Å². The third kappa shape index (κ3) is 20.9. The zero-order chi connectivity index (χ0) is 78.0. The number of alkyl halides is 6. The molecule has 3 aliphatic heterocycles. The number of carbonyl (C=O) groups is 12. The van der Waals surface area contributed by atoms with Crippen molar-refractivity contribution in [3.8, 4) is 0 Å². The number of amides is 12. The van der Waals surface area contributed by atoms with Gasteiger partial charge in [0.25, 0.3) is 0 Å². The van der Waals surface area contributed by atoms with Crippen LogP contribution < -0.4 is 16.0 Å². The normalized spacial score (nSPS) is 30.7. The summed E-state index contributed by atoms with van der Waals surface area (Å²) in [4.78, 5) is 191. The molecule has 0 aromatic heterocycles. The van der Waals surface area contributed by atoms with Gasteiger partial charge in [-0.15, -0.1) is 11.6 Å². The van der Waals surface area contributed by atoms with Gasteiger partial charge < -0.3 is 64.8 Å². The second-order valence-corrected chi connectivity index (χ2v) is 32.2.